The summed E-state index contributed by atoms with van der Waals surface area (Å²) in [5, 5.41) is 7.91. The van der Waals surface area contributed by atoms with Crippen LogP contribution in [0.2, 0.25) is 0 Å². The van der Waals surface area contributed by atoms with E-state index in [9.17, 15) is 14.4 Å². The SMILES string of the molecule is O=C(NCCCC(=O)N1CCCC1C(=O)Nc1nccs1)c1ccccc1. The van der Waals surface area contributed by atoms with Crippen molar-refractivity contribution in [2.75, 3.05) is 18.4 Å². The van der Waals surface area contributed by atoms with Gasteiger partial charge in [-0.2, -0.15) is 0 Å². The first-order valence-electron chi connectivity index (χ1n) is 8.98. The van der Waals surface area contributed by atoms with E-state index in [0.717, 1.165) is 6.42 Å². The van der Waals surface area contributed by atoms with E-state index in [1.54, 1.807) is 28.6 Å². The van der Waals surface area contributed by atoms with Crippen LogP contribution in [0, 0.1) is 0 Å². The Labute approximate surface area is 161 Å². The maximum absolute atomic E-state index is 12.5. The number of rotatable bonds is 7. The van der Waals surface area contributed by atoms with E-state index in [4.69, 9.17) is 0 Å². The molecular weight excluding hydrogens is 364 g/mol. The molecule has 7 nitrogen and oxygen atoms in total. The van der Waals surface area contributed by atoms with Crippen LogP contribution in [0.3, 0.4) is 0 Å². The fourth-order valence-corrected chi connectivity index (χ4v) is 3.62. The van der Waals surface area contributed by atoms with Crippen LogP contribution in [0.4, 0.5) is 5.13 Å². The summed E-state index contributed by atoms with van der Waals surface area (Å²) in [6.07, 6.45) is 3.94. The molecular formula is C19H22N4O3S. The van der Waals surface area contributed by atoms with E-state index in [1.807, 2.05) is 18.2 Å². The monoisotopic (exact) mass is 386 g/mol. The third kappa shape index (κ3) is 5.13. The van der Waals surface area contributed by atoms with Crippen LogP contribution < -0.4 is 10.6 Å². The number of nitrogens with zero attached hydrogens (tertiary/aromatic N) is 2. The highest BCUT2D eigenvalue weighted by molar-refractivity contribution is 7.13. The van der Waals surface area contributed by atoms with Crippen molar-refractivity contribution in [3.05, 3.63) is 47.5 Å². The van der Waals surface area contributed by atoms with E-state index >= 15 is 0 Å². The number of anilines is 1. The molecule has 0 saturated carbocycles. The molecule has 1 aromatic carbocycles. The van der Waals surface area contributed by atoms with Gasteiger partial charge >= 0.3 is 0 Å². The molecule has 8 heteroatoms. The van der Waals surface area contributed by atoms with Crippen LogP contribution in [0.5, 0.6) is 0 Å². The molecule has 3 amide bonds. The van der Waals surface area contributed by atoms with Crippen LogP contribution in [0.25, 0.3) is 0 Å². The Morgan fingerprint density at radius 2 is 2.04 bits per heavy atom. The predicted octanol–water partition coefficient (Wildman–Crippen LogP) is 2.28. The minimum Gasteiger partial charge on any atom is -0.352 e. The molecule has 0 aliphatic carbocycles. The van der Waals surface area contributed by atoms with Crippen LogP contribution in [0.1, 0.15) is 36.0 Å². The normalized spacial score (nSPS) is 16.1. The minimum atomic E-state index is -0.444. The van der Waals surface area contributed by atoms with Gasteiger partial charge in [0.1, 0.15) is 6.04 Å². The second-order valence-electron chi connectivity index (χ2n) is 6.30. The van der Waals surface area contributed by atoms with Crippen molar-refractivity contribution in [3.63, 3.8) is 0 Å². The van der Waals surface area contributed by atoms with Crippen molar-refractivity contribution >= 4 is 34.2 Å². The standard InChI is InChI=1S/C19H22N4O3S/c24-16(9-4-10-20-17(25)14-6-2-1-3-7-14)23-12-5-8-15(23)18(26)22-19-21-11-13-27-19/h1-3,6-7,11,13,15H,4-5,8-10,12H2,(H,20,25)(H,21,22,26). The van der Waals surface area contributed by atoms with Crippen molar-refractivity contribution in [3.8, 4) is 0 Å². The van der Waals surface area contributed by atoms with E-state index in [0.29, 0.717) is 43.0 Å². The average molecular weight is 386 g/mol. The maximum atomic E-state index is 12.5. The molecule has 0 radical (unpaired) electrons. The second-order valence-corrected chi connectivity index (χ2v) is 7.19. The van der Waals surface area contributed by atoms with Crippen LogP contribution in [0.15, 0.2) is 41.9 Å². The molecule has 2 N–H and O–H groups in total. The van der Waals surface area contributed by atoms with E-state index in [2.05, 4.69) is 15.6 Å². The first kappa shape index (κ1) is 19.0. The molecule has 0 spiro atoms. The summed E-state index contributed by atoms with van der Waals surface area (Å²) in [4.78, 5) is 42.6. The lowest BCUT2D eigenvalue weighted by Gasteiger charge is -2.23. The highest BCUT2D eigenvalue weighted by atomic mass is 32.1. The Balaban J connectivity index is 1.43. The number of amides is 3. The number of hydrogen-bond donors (Lipinski definition) is 2. The minimum absolute atomic E-state index is 0.0549. The smallest absolute Gasteiger partial charge is 0.251 e. The molecule has 1 aliphatic heterocycles. The summed E-state index contributed by atoms with van der Waals surface area (Å²) in [5.74, 6) is -0.390. The molecule has 2 heterocycles. The number of carbonyl (C=O) groups is 3. The van der Waals surface area contributed by atoms with Gasteiger partial charge in [-0.15, -0.1) is 11.3 Å². The number of benzene rings is 1. The Hall–Kier alpha value is -2.74. The van der Waals surface area contributed by atoms with Gasteiger partial charge in [0.2, 0.25) is 11.8 Å². The van der Waals surface area contributed by atoms with Crippen molar-refractivity contribution in [2.24, 2.45) is 0 Å². The number of likely N-dealkylation sites (tertiary alicyclic amines) is 1. The highest BCUT2D eigenvalue weighted by Gasteiger charge is 2.33. The van der Waals surface area contributed by atoms with Gasteiger partial charge < -0.3 is 15.5 Å². The fraction of sp³-hybridized carbons (Fsp3) is 0.368. The first-order chi connectivity index (χ1) is 13.1. The zero-order chi connectivity index (χ0) is 19.1. The quantitative estimate of drug-likeness (QED) is 0.714. The number of aromatic nitrogens is 1. The number of carbonyl (C=O) groups excluding carboxylic acids is 3. The van der Waals surface area contributed by atoms with E-state index < -0.39 is 6.04 Å². The third-order valence-electron chi connectivity index (χ3n) is 4.43. The lowest BCUT2D eigenvalue weighted by molar-refractivity contribution is -0.136. The molecule has 3 rings (SSSR count). The molecule has 0 bridgehead atoms. The predicted molar refractivity (Wildman–Crippen MR) is 103 cm³/mol. The van der Waals surface area contributed by atoms with Gasteiger partial charge in [0.25, 0.3) is 5.91 Å². The van der Waals surface area contributed by atoms with Crippen LogP contribution in [-0.4, -0.2) is 46.7 Å². The zero-order valence-electron chi connectivity index (χ0n) is 14.9. The number of nitrogens with one attached hydrogen (secondary N) is 2. The van der Waals surface area contributed by atoms with Crippen LogP contribution in [-0.2, 0) is 9.59 Å². The molecule has 1 fully saturated rings. The highest BCUT2D eigenvalue weighted by Crippen LogP contribution is 2.21. The Bertz CT molecular complexity index is 780. The topological polar surface area (TPSA) is 91.4 Å². The van der Waals surface area contributed by atoms with Crippen molar-refractivity contribution < 1.29 is 14.4 Å². The Morgan fingerprint density at radius 3 is 2.78 bits per heavy atom. The summed E-state index contributed by atoms with van der Waals surface area (Å²) in [7, 11) is 0. The molecule has 27 heavy (non-hydrogen) atoms. The molecule has 1 unspecified atom stereocenters. The zero-order valence-corrected chi connectivity index (χ0v) is 15.7. The van der Waals surface area contributed by atoms with Gasteiger partial charge in [0.05, 0.1) is 0 Å². The van der Waals surface area contributed by atoms with Crippen molar-refractivity contribution in [2.45, 2.75) is 31.7 Å². The lowest BCUT2D eigenvalue weighted by atomic mass is 10.2. The van der Waals surface area contributed by atoms with E-state index in [1.165, 1.54) is 11.3 Å². The Kier molecular flexibility index (Phi) is 6.54. The summed E-state index contributed by atoms with van der Waals surface area (Å²) >= 11 is 1.35. The summed E-state index contributed by atoms with van der Waals surface area (Å²) in [6, 6.07) is 8.52. The number of hydrogen-bond acceptors (Lipinski definition) is 5. The molecule has 1 atom stereocenters. The lowest BCUT2D eigenvalue weighted by Crippen LogP contribution is -2.43. The largest absolute Gasteiger partial charge is 0.352 e. The van der Waals surface area contributed by atoms with Crippen molar-refractivity contribution in [1.82, 2.24) is 15.2 Å². The van der Waals surface area contributed by atoms with Gasteiger partial charge in [-0.25, -0.2) is 4.98 Å². The summed E-state index contributed by atoms with van der Waals surface area (Å²) in [6.45, 7) is 1.01. The van der Waals surface area contributed by atoms with E-state index in [-0.39, 0.29) is 17.7 Å². The summed E-state index contributed by atoms with van der Waals surface area (Å²) < 4.78 is 0. The molecule has 1 aliphatic rings. The van der Waals surface area contributed by atoms with Gasteiger partial charge in [-0.3, -0.25) is 14.4 Å². The average Bonchev–Trinajstić information content (AvgIpc) is 3.37. The van der Waals surface area contributed by atoms with Gasteiger partial charge in [-0.1, -0.05) is 18.2 Å². The molecule has 142 valence electrons. The van der Waals surface area contributed by atoms with Crippen molar-refractivity contribution in [1.29, 1.82) is 0 Å². The second kappa shape index (κ2) is 9.27. The molecule has 1 aromatic heterocycles. The number of thiazole rings is 1. The first-order valence-corrected chi connectivity index (χ1v) is 9.86. The maximum Gasteiger partial charge on any atom is 0.251 e. The fourth-order valence-electron chi connectivity index (χ4n) is 3.09. The van der Waals surface area contributed by atoms with Gasteiger partial charge in [-0.05, 0) is 31.4 Å². The third-order valence-corrected chi connectivity index (χ3v) is 5.12. The molecule has 1 saturated heterocycles. The van der Waals surface area contributed by atoms with Gasteiger partial charge in [0.15, 0.2) is 5.13 Å². The molecule has 2 aromatic rings. The van der Waals surface area contributed by atoms with Gasteiger partial charge in [0, 0.05) is 36.7 Å². The Morgan fingerprint density at radius 1 is 1.22 bits per heavy atom. The van der Waals surface area contributed by atoms with Crippen LogP contribution >= 0.6 is 11.3 Å². The summed E-state index contributed by atoms with van der Waals surface area (Å²) in [5.41, 5.74) is 0.599.